The molecule has 5 rings (SSSR count). The summed E-state index contributed by atoms with van der Waals surface area (Å²) in [6.45, 7) is 2.25. The summed E-state index contributed by atoms with van der Waals surface area (Å²) < 4.78 is 21.8. The molecule has 0 N–H and O–H groups in total. The maximum atomic E-state index is 13.0. The Labute approximate surface area is 219 Å². The van der Waals surface area contributed by atoms with Crippen LogP contribution in [0.1, 0.15) is 27.7 Å². The van der Waals surface area contributed by atoms with E-state index >= 15 is 0 Å². The monoisotopic (exact) mass is 543 g/mol. The average molecular weight is 544 g/mol. The van der Waals surface area contributed by atoms with E-state index in [9.17, 15) is 14.4 Å². The van der Waals surface area contributed by atoms with E-state index in [1.165, 1.54) is 11.3 Å². The fraction of sp³-hybridized carbons (Fsp3) is 0.160. The summed E-state index contributed by atoms with van der Waals surface area (Å²) in [5.41, 5.74) is 1.18. The summed E-state index contributed by atoms with van der Waals surface area (Å²) >= 11 is 8.44. The third-order valence-electron chi connectivity index (χ3n) is 5.23. The Morgan fingerprint density at radius 2 is 1.94 bits per heavy atom. The van der Waals surface area contributed by atoms with E-state index in [4.69, 9.17) is 30.5 Å². The van der Waals surface area contributed by atoms with Crippen molar-refractivity contribution >= 4 is 57.9 Å². The van der Waals surface area contributed by atoms with Crippen molar-refractivity contribution in [2.75, 3.05) is 13.4 Å². The first-order chi connectivity index (χ1) is 17.4. The molecule has 0 bridgehead atoms. The quantitative estimate of drug-likeness (QED) is 0.204. The summed E-state index contributed by atoms with van der Waals surface area (Å²) in [4.78, 5) is 39.9. The Morgan fingerprint density at radius 3 is 2.69 bits per heavy atom. The lowest BCUT2D eigenvalue weighted by Crippen LogP contribution is -2.27. The summed E-state index contributed by atoms with van der Waals surface area (Å²) in [7, 11) is 0. The maximum Gasteiger partial charge on any atom is 0.353 e. The highest BCUT2D eigenvalue weighted by atomic mass is 35.5. The fourth-order valence-electron chi connectivity index (χ4n) is 3.55. The number of benzene rings is 2. The summed E-state index contributed by atoms with van der Waals surface area (Å²) in [6, 6.07) is 11.7. The number of imide groups is 1. The number of thiophene rings is 1. The van der Waals surface area contributed by atoms with E-state index in [0.717, 1.165) is 16.7 Å². The van der Waals surface area contributed by atoms with Crippen molar-refractivity contribution in [1.82, 2.24) is 4.90 Å². The molecule has 2 amide bonds. The molecule has 2 aromatic carbocycles. The predicted octanol–water partition coefficient (Wildman–Crippen LogP) is 5.98. The molecule has 2 aliphatic rings. The zero-order valence-corrected chi connectivity index (χ0v) is 21.2. The number of carbonyl (C=O) groups is 3. The molecule has 2 aliphatic heterocycles. The number of thioether (sulfide) groups is 1. The van der Waals surface area contributed by atoms with Gasteiger partial charge >= 0.3 is 5.97 Å². The molecule has 3 aromatic rings. The van der Waals surface area contributed by atoms with Crippen LogP contribution in [0, 0.1) is 0 Å². The second-order valence-electron chi connectivity index (χ2n) is 7.57. The van der Waals surface area contributed by atoms with Crippen molar-refractivity contribution in [2.24, 2.45) is 0 Å². The van der Waals surface area contributed by atoms with Crippen molar-refractivity contribution in [3.05, 3.63) is 73.8 Å². The summed E-state index contributed by atoms with van der Waals surface area (Å²) in [5, 5.41) is 1.75. The molecule has 8 nitrogen and oxygen atoms in total. The van der Waals surface area contributed by atoms with Gasteiger partial charge in [0.15, 0.2) is 23.0 Å². The van der Waals surface area contributed by atoms with Gasteiger partial charge in [-0.2, -0.15) is 0 Å². The van der Waals surface area contributed by atoms with Crippen LogP contribution in [0.3, 0.4) is 0 Å². The van der Waals surface area contributed by atoms with Crippen LogP contribution in [-0.2, 0) is 11.3 Å². The first kappa shape index (κ1) is 24.2. The van der Waals surface area contributed by atoms with E-state index < -0.39 is 17.1 Å². The van der Waals surface area contributed by atoms with E-state index in [1.807, 2.05) is 6.92 Å². The normalized spacial score (nSPS) is 15.6. The minimum atomic E-state index is -0.484. The molecule has 1 aromatic heterocycles. The van der Waals surface area contributed by atoms with Gasteiger partial charge in [0.1, 0.15) is 4.88 Å². The zero-order valence-electron chi connectivity index (χ0n) is 18.8. The molecule has 3 heterocycles. The second-order valence-corrected chi connectivity index (χ2v) is 9.92. The van der Waals surface area contributed by atoms with Gasteiger partial charge < -0.3 is 18.9 Å². The minimum absolute atomic E-state index is 0.000709. The molecule has 0 saturated carbocycles. The number of hydrogen-bond donors (Lipinski definition) is 0. The Hall–Kier alpha value is -3.47. The molecule has 1 fully saturated rings. The zero-order chi connectivity index (χ0) is 25.2. The lowest BCUT2D eigenvalue weighted by atomic mass is 10.1. The van der Waals surface area contributed by atoms with Gasteiger partial charge in [0.2, 0.25) is 6.79 Å². The van der Waals surface area contributed by atoms with Crippen LogP contribution in [-0.4, -0.2) is 35.4 Å². The van der Waals surface area contributed by atoms with Gasteiger partial charge in [0, 0.05) is 11.1 Å². The van der Waals surface area contributed by atoms with Gasteiger partial charge in [-0.3, -0.25) is 14.5 Å². The smallest absolute Gasteiger partial charge is 0.353 e. The summed E-state index contributed by atoms with van der Waals surface area (Å²) in [6.07, 6.45) is 1.60. The summed E-state index contributed by atoms with van der Waals surface area (Å²) in [5.74, 6) is 0.722. The van der Waals surface area contributed by atoms with Crippen molar-refractivity contribution in [3.63, 3.8) is 0 Å². The molecule has 0 aliphatic carbocycles. The van der Waals surface area contributed by atoms with Crippen LogP contribution in [0.25, 0.3) is 6.08 Å². The first-order valence-electron chi connectivity index (χ1n) is 10.8. The third kappa shape index (κ3) is 4.92. The highest BCUT2D eigenvalue weighted by Crippen LogP contribution is 2.40. The van der Waals surface area contributed by atoms with Crippen LogP contribution in [0.15, 0.2) is 52.7 Å². The molecule has 0 spiro atoms. The average Bonchev–Trinajstić information content (AvgIpc) is 3.60. The Balaban J connectivity index is 1.35. The van der Waals surface area contributed by atoms with Gasteiger partial charge in [-0.15, -0.1) is 11.3 Å². The van der Waals surface area contributed by atoms with Crippen LogP contribution in [0.5, 0.6) is 23.0 Å². The van der Waals surface area contributed by atoms with Gasteiger partial charge in [0.05, 0.1) is 18.1 Å². The number of nitrogens with zero attached hydrogens (tertiary/aromatic N) is 1. The lowest BCUT2D eigenvalue weighted by molar-refractivity contribution is -0.123. The van der Waals surface area contributed by atoms with Gasteiger partial charge in [-0.1, -0.05) is 23.7 Å². The van der Waals surface area contributed by atoms with Gasteiger partial charge in [0.25, 0.3) is 11.1 Å². The number of ether oxygens (including phenoxy) is 4. The topological polar surface area (TPSA) is 91.4 Å². The maximum absolute atomic E-state index is 13.0. The number of fused-ring (bicyclic) bond motifs is 1. The van der Waals surface area contributed by atoms with E-state index in [2.05, 4.69) is 0 Å². The number of amides is 2. The molecule has 0 radical (unpaired) electrons. The highest BCUT2D eigenvalue weighted by molar-refractivity contribution is 8.18. The minimum Gasteiger partial charge on any atom is -0.490 e. The van der Waals surface area contributed by atoms with E-state index in [0.29, 0.717) is 44.9 Å². The molecular formula is C25H18ClNO7S2. The predicted molar refractivity (Wildman–Crippen MR) is 136 cm³/mol. The number of rotatable bonds is 7. The Kier molecular flexibility index (Phi) is 6.90. The van der Waals surface area contributed by atoms with Crippen molar-refractivity contribution in [1.29, 1.82) is 0 Å². The SMILES string of the molecule is CCOc1cc(/C=C2\SC(=O)N(Cc3cc4c(cc3Cl)OCO4)C2=O)ccc1OC(=O)c1cccs1. The van der Waals surface area contributed by atoms with Crippen molar-refractivity contribution < 1.29 is 33.3 Å². The standard InChI is InChI=1S/C25H18ClNO7S2/c1-2-31-18-8-14(5-6-17(18)34-24(29)21-4-3-7-35-21)9-22-23(28)27(25(30)36-22)12-15-10-19-20(11-16(15)26)33-13-32-19/h3-11H,2,12-13H2,1H3/b22-9-. The van der Waals surface area contributed by atoms with Crippen LogP contribution in [0.2, 0.25) is 5.02 Å². The molecule has 11 heteroatoms. The molecule has 1 saturated heterocycles. The molecular weight excluding hydrogens is 526 g/mol. The van der Waals surface area contributed by atoms with Crippen molar-refractivity contribution in [3.8, 4) is 23.0 Å². The lowest BCUT2D eigenvalue weighted by Gasteiger charge is -2.14. The van der Waals surface area contributed by atoms with Crippen LogP contribution >= 0.6 is 34.7 Å². The Bertz CT molecular complexity index is 1390. The van der Waals surface area contributed by atoms with Gasteiger partial charge in [-0.05, 0) is 65.5 Å². The number of halogens is 1. The second kappa shape index (κ2) is 10.3. The largest absolute Gasteiger partial charge is 0.490 e. The molecule has 184 valence electrons. The molecule has 0 unspecified atom stereocenters. The number of carbonyl (C=O) groups excluding carboxylic acids is 3. The number of hydrogen-bond acceptors (Lipinski definition) is 9. The van der Waals surface area contributed by atoms with Gasteiger partial charge in [-0.25, -0.2) is 4.79 Å². The highest BCUT2D eigenvalue weighted by Gasteiger charge is 2.36. The molecule has 36 heavy (non-hydrogen) atoms. The van der Waals surface area contributed by atoms with Crippen LogP contribution in [0.4, 0.5) is 4.79 Å². The van der Waals surface area contributed by atoms with E-state index in [-0.39, 0.29) is 24.0 Å². The van der Waals surface area contributed by atoms with Crippen molar-refractivity contribution in [2.45, 2.75) is 13.5 Å². The number of esters is 1. The first-order valence-corrected chi connectivity index (χ1v) is 12.9. The van der Waals surface area contributed by atoms with Crippen LogP contribution < -0.4 is 18.9 Å². The third-order valence-corrected chi connectivity index (χ3v) is 7.34. The van der Waals surface area contributed by atoms with E-state index in [1.54, 1.807) is 53.9 Å². The molecule has 0 atom stereocenters. The Morgan fingerprint density at radius 1 is 1.14 bits per heavy atom. The fourth-order valence-corrected chi connectivity index (χ4v) is 5.20.